The second kappa shape index (κ2) is 4.66. The van der Waals surface area contributed by atoms with Gasteiger partial charge in [0.1, 0.15) is 5.69 Å². The van der Waals surface area contributed by atoms with E-state index >= 15 is 0 Å². The van der Waals surface area contributed by atoms with Crippen molar-refractivity contribution < 1.29 is 14.7 Å². The minimum atomic E-state index is -1.11. The van der Waals surface area contributed by atoms with Gasteiger partial charge < -0.3 is 10.4 Å². The minimum Gasteiger partial charge on any atom is -0.477 e. The lowest BCUT2D eigenvalue weighted by atomic mass is 10.4. The highest BCUT2D eigenvalue weighted by Gasteiger charge is 2.09. The van der Waals surface area contributed by atoms with Crippen molar-refractivity contribution in [2.75, 3.05) is 17.3 Å². The monoisotopic (exact) mass is 215 g/mol. The van der Waals surface area contributed by atoms with Crippen LogP contribution in [0.1, 0.15) is 10.5 Å². The molecule has 0 aliphatic carbocycles. The largest absolute Gasteiger partial charge is 0.477 e. The lowest BCUT2D eigenvalue weighted by Crippen LogP contribution is -2.13. The number of H-pyrrole nitrogens is 1. The number of aromatic amines is 1. The number of thioether (sulfide) groups is 1. The Kier molecular flexibility index (Phi) is 3.52. The van der Waals surface area contributed by atoms with E-state index < -0.39 is 5.97 Å². The molecule has 1 heterocycles. The van der Waals surface area contributed by atoms with Crippen molar-refractivity contribution in [2.45, 2.75) is 0 Å². The Balaban J connectivity index is 2.59. The van der Waals surface area contributed by atoms with E-state index in [0.717, 1.165) is 0 Å². The SMILES string of the molecule is CSCC(=O)Nc1cc(C(=O)O)[nH]n1. The Morgan fingerprint density at radius 1 is 1.71 bits per heavy atom. The van der Waals surface area contributed by atoms with Gasteiger partial charge in [0.2, 0.25) is 5.91 Å². The number of amides is 1. The number of aromatic nitrogens is 2. The zero-order valence-corrected chi connectivity index (χ0v) is 8.22. The number of rotatable bonds is 4. The first-order valence-corrected chi connectivity index (χ1v) is 5.10. The van der Waals surface area contributed by atoms with E-state index in [2.05, 4.69) is 15.5 Å². The van der Waals surface area contributed by atoms with Crippen LogP contribution in [0.3, 0.4) is 0 Å². The van der Waals surface area contributed by atoms with Crippen LogP contribution >= 0.6 is 11.8 Å². The highest BCUT2D eigenvalue weighted by Crippen LogP contribution is 2.05. The first kappa shape index (κ1) is 10.6. The number of carboxylic acids is 1. The molecule has 0 atom stereocenters. The van der Waals surface area contributed by atoms with Gasteiger partial charge in [0.25, 0.3) is 0 Å². The summed E-state index contributed by atoms with van der Waals surface area (Å²) in [5.74, 6) is -0.778. The van der Waals surface area contributed by atoms with Crippen LogP contribution in [0.5, 0.6) is 0 Å². The van der Waals surface area contributed by atoms with Gasteiger partial charge in [-0.2, -0.15) is 16.9 Å². The summed E-state index contributed by atoms with van der Waals surface area (Å²) in [5.41, 5.74) is -0.0514. The summed E-state index contributed by atoms with van der Waals surface area (Å²) in [4.78, 5) is 21.5. The molecule has 0 unspecified atom stereocenters. The molecule has 7 heteroatoms. The molecule has 0 bridgehead atoms. The van der Waals surface area contributed by atoms with Gasteiger partial charge in [-0.1, -0.05) is 0 Å². The number of carbonyl (C=O) groups is 2. The molecule has 14 heavy (non-hydrogen) atoms. The summed E-state index contributed by atoms with van der Waals surface area (Å²) in [6, 6.07) is 1.26. The third-order valence-corrected chi connectivity index (χ3v) is 1.90. The van der Waals surface area contributed by atoms with Crippen LogP contribution in [-0.4, -0.2) is 39.2 Å². The minimum absolute atomic E-state index is 0.0514. The van der Waals surface area contributed by atoms with Crippen molar-refractivity contribution in [2.24, 2.45) is 0 Å². The molecule has 3 N–H and O–H groups in total. The lowest BCUT2D eigenvalue weighted by Gasteiger charge is -1.97. The molecule has 6 nitrogen and oxygen atoms in total. The molecular weight excluding hydrogens is 206 g/mol. The van der Waals surface area contributed by atoms with Crippen LogP contribution < -0.4 is 5.32 Å². The average Bonchev–Trinajstić information content (AvgIpc) is 2.53. The Hall–Kier alpha value is -1.50. The third-order valence-electron chi connectivity index (χ3n) is 1.35. The fourth-order valence-corrected chi connectivity index (χ4v) is 1.14. The topological polar surface area (TPSA) is 95.1 Å². The smallest absolute Gasteiger partial charge is 0.353 e. The van der Waals surface area contributed by atoms with Crippen molar-refractivity contribution in [3.8, 4) is 0 Å². The van der Waals surface area contributed by atoms with Gasteiger partial charge in [-0.3, -0.25) is 9.89 Å². The van der Waals surface area contributed by atoms with E-state index in [9.17, 15) is 9.59 Å². The quantitative estimate of drug-likeness (QED) is 0.676. The normalized spacial score (nSPS) is 9.79. The van der Waals surface area contributed by atoms with Gasteiger partial charge in [-0.15, -0.1) is 0 Å². The lowest BCUT2D eigenvalue weighted by molar-refractivity contribution is -0.113. The maximum absolute atomic E-state index is 11.1. The first-order valence-electron chi connectivity index (χ1n) is 3.71. The Morgan fingerprint density at radius 2 is 2.43 bits per heavy atom. The fourth-order valence-electron chi connectivity index (χ4n) is 0.805. The van der Waals surface area contributed by atoms with Crippen LogP contribution in [0.25, 0.3) is 0 Å². The molecule has 0 saturated carbocycles. The predicted molar refractivity (Wildman–Crippen MR) is 52.6 cm³/mol. The molecule has 0 radical (unpaired) electrons. The molecule has 1 aromatic rings. The van der Waals surface area contributed by atoms with E-state index in [1.807, 2.05) is 0 Å². The Morgan fingerprint density at radius 3 is 2.93 bits per heavy atom. The van der Waals surface area contributed by atoms with Crippen LogP contribution in [0.4, 0.5) is 5.82 Å². The Bertz CT molecular complexity index is 350. The van der Waals surface area contributed by atoms with E-state index in [0.29, 0.717) is 5.75 Å². The number of hydrogen-bond acceptors (Lipinski definition) is 4. The first-order chi connectivity index (χ1) is 6.63. The third kappa shape index (κ3) is 2.77. The van der Waals surface area contributed by atoms with Crippen molar-refractivity contribution >= 4 is 29.5 Å². The van der Waals surface area contributed by atoms with E-state index in [1.54, 1.807) is 6.26 Å². The summed E-state index contributed by atoms with van der Waals surface area (Å²) < 4.78 is 0. The van der Waals surface area contributed by atoms with Gasteiger partial charge in [0.15, 0.2) is 5.82 Å². The number of hydrogen-bond donors (Lipinski definition) is 3. The predicted octanol–water partition coefficient (Wildman–Crippen LogP) is 0.409. The standard InChI is InChI=1S/C7H9N3O3S/c1-14-3-6(11)8-5-2-4(7(12)13)9-10-5/h2H,3H2,1H3,(H,12,13)(H2,8,9,10,11). The molecule has 0 aromatic carbocycles. The summed E-state index contributed by atoms with van der Waals surface area (Å²) in [7, 11) is 0. The summed E-state index contributed by atoms with van der Waals surface area (Å²) in [6.07, 6.45) is 1.80. The number of nitrogens with one attached hydrogen (secondary N) is 2. The molecule has 1 amide bonds. The van der Waals surface area contributed by atoms with E-state index in [4.69, 9.17) is 5.11 Å². The van der Waals surface area contributed by atoms with Crippen molar-refractivity contribution in [3.63, 3.8) is 0 Å². The van der Waals surface area contributed by atoms with Crippen molar-refractivity contribution in [3.05, 3.63) is 11.8 Å². The van der Waals surface area contributed by atoms with Crippen LogP contribution in [0.15, 0.2) is 6.07 Å². The number of carbonyl (C=O) groups excluding carboxylic acids is 1. The van der Waals surface area contributed by atoms with Crippen molar-refractivity contribution in [1.29, 1.82) is 0 Å². The van der Waals surface area contributed by atoms with Crippen LogP contribution in [0, 0.1) is 0 Å². The number of anilines is 1. The molecule has 0 aliphatic rings. The molecule has 1 aromatic heterocycles. The molecule has 0 saturated heterocycles. The van der Waals surface area contributed by atoms with Crippen LogP contribution in [0.2, 0.25) is 0 Å². The Labute approximate surface area is 84.1 Å². The highest BCUT2D eigenvalue weighted by atomic mass is 32.2. The summed E-state index contributed by atoms with van der Waals surface area (Å²) in [5, 5.41) is 16.9. The zero-order chi connectivity index (χ0) is 10.6. The fraction of sp³-hybridized carbons (Fsp3) is 0.286. The summed E-state index contributed by atoms with van der Waals surface area (Å²) >= 11 is 1.38. The van der Waals surface area contributed by atoms with Gasteiger partial charge >= 0.3 is 5.97 Å². The van der Waals surface area contributed by atoms with E-state index in [-0.39, 0.29) is 17.4 Å². The maximum atomic E-state index is 11.1. The molecule has 0 spiro atoms. The number of nitrogens with zero attached hydrogens (tertiary/aromatic N) is 1. The molecule has 76 valence electrons. The summed E-state index contributed by atoms with van der Waals surface area (Å²) in [6.45, 7) is 0. The van der Waals surface area contributed by atoms with Crippen molar-refractivity contribution in [1.82, 2.24) is 10.2 Å². The molecule has 0 aliphatic heterocycles. The molecule has 1 rings (SSSR count). The number of aromatic carboxylic acids is 1. The second-order valence-corrected chi connectivity index (χ2v) is 3.32. The molecule has 0 fully saturated rings. The average molecular weight is 215 g/mol. The van der Waals surface area contributed by atoms with Gasteiger partial charge in [0, 0.05) is 6.07 Å². The van der Waals surface area contributed by atoms with Gasteiger partial charge in [-0.25, -0.2) is 4.79 Å². The zero-order valence-electron chi connectivity index (χ0n) is 7.40. The van der Waals surface area contributed by atoms with Gasteiger partial charge in [-0.05, 0) is 6.26 Å². The second-order valence-electron chi connectivity index (χ2n) is 2.45. The number of carboxylic acid groups (broad SMARTS) is 1. The van der Waals surface area contributed by atoms with E-state index in [1.165, 1.54) is 17.8 Å². The maximum Gasteiger partial charge on any atom is 0.353 e. The van der Waals surface area contributed by atoms with Gasteiger partial charge in [0.05, 0.1) is 5.75 Å². The molecular formula is C7H9N3O3S. The highest BCUT2D eigenvalue weighted by molar-refractivity contribution is 7.99. The van der Waals surface area contributed by atoms with Crippen LogP contribution in [-0.2, 0) is 4.79 Å².